The lowest BCUT2D eigenvalue weighted by molar-refractivity contribution is 0.630. The van der Waals surface area contributed by atoms with Crippen molar-refractivity contribution >= 4 is 40.2 Å². The summed E-state index contributed by atoms with van der Waals surface area (Å²) in [7, 11) is 1.87. The average molecular weight is 459 g/mol. The van der Waals surface area contributed by atoms with E-state index in [1.165, 1.54) is 11.3 Å². The van der Waals surface area contributed by atoms with Gasteiger partial charge in [0.25, 0.3) is 5.56 Å². The third kappa shape index (κ3) is 3.55. The molecule has 0 unspecified atom stereocenters. The Labute approximate surface area is 188 Å². The highest BCUT2D eigenvalue weighted by Crippen LogP contribution is 2.30. The second kappa shape index (κ2) is 8.30. The lowest BCUT2D eigenvalue weighted by Crippen LogP contribution is -2.20. The van der Waals surface area contributed by atoms with E-state index in [2.05, 4.69) is 4.57 Å². The van der Waals surface area contributed by atoms with E-state index in [-0.39, 0.29) is 5.56 Å². The summed E-state index contributed by atoms with van der Waals surface area (Å²) in [6.45, 7) is 4.63. The Morgan fingerprint density at radius 2 is 1.83 bits per heavy atom. The van der Waals surface area contributed by atoms with E-state index in [0.29, 0.717) is 22.3 Å². The van der Waals surface area contributed by atoms with Gasteiger partial charge < -0.3 is 4.57 Å². The third-order valence-corrected chi connectivity index (χ3v) is 6.46. The predicted octanol–water partition coefficient (Wildman–Crippen LogP) is 5.57. The molecule has 0 aliphatic rings. The second-order valence-electron chi connectivity index (χ2n) is 6.79. The van der Waals surface area contributed by atoms with Crippen LogP contribution in [0.1, 0.15) is 12.6 Å². The van der Waals surface area contributed by atoms with Crippen LogP contribution in [0.15, 0.2) is 63.7 Å². The fraction of sp³-hybridized carbons (Fsp3) is 0.182. The van der Waals surface area contributed by atoms with Crippen molar-refractivity contribution in [1.29, 1.82) is 0 Å². The Morgan fingerprint density at radius 3 is 2.50 bits per heavy atom. The number of halogens is 2. The van der Waals surface area contributed by atoms with Crippen molar-refractivity contribution in [2.45, 2.75) is 20.4 Å². The predicted molar refractivity (Wildman–Crippen MR) is 124 cm³/mol. The Bertz CT molecular complexity index is 1350. The van der Waals surface area contributed by atoms with Crippen LogP contribution in [0.25, 0.3) is 16.9 Å². The highest BCUT2D eigenvalue weighted by molar-refractivity contribution is 7.07. The quantitative estimate of drug-likeness (QED) is 0.393. The second-order valence-corrected chi connectivity index (χ2v) is 8.47. The molecule has 0 radical (unpaired) electrons. The number of para-hydroxylation sites is 1. The molecule has 2 heterocycles. The van der Waals surface area contributed by atoms with Gasteiger partial charge in [-0.3, -0.25) is 9.48 Å². The number of hydrogen-bond acceptors (Lipinski definition) is 3. The molecule has 30 heavy (non-hydrogen) atoms. The number of rotatable bonds is 4. The van der Waals surface area contributed by atoms with Gasteiger partial charge in [-0.15, -0.1) is 11.3 Å². The Morgan fingerprint density at radius 1 is 1.10 bits per heavy atom. The summed E-state index contributed by atoms with van der Waals surface area (Å²) in [5.74, 6) is 0. The van der Waals surface area contributed by atoms with Crippen LogP contribution in [0, 0.1) is 6.92 Å². The van der Waals surface area contributed by atoms with Crippen molar-refractivity contribution < 1.29 is 0 Å². The molecule has 2 aromatic heterocycles. The average Bonchev–Trinajstić information content (AvgIpc) is 3.22. The van der Waals surface area contributed by atoms with Crippen LogP contribution in [0.5, 0.6) is 0 Å². The van der Waals surface area contributed by atoms with E-state index in [1.807, 2.05) is 73.4 Å². The number of hydrogen-bond donors (Lipinski definition) is 0. The summed E-state index contributed by atoms with van der Waals surface area (Å²) in [6.07, 6.45) is 0. The lowest BCUT2D eigenvalue weighted by atomic mass is 10.2. The first kappa shape index (κ1) is 20.7. The Kier molecular flexibility index (Phi) is 5.73. The van der Waals surface area contributed by atoms with Gasteiger partial charge in [0.15, 0.2) is 10.5 Å². The standard InChI is InChI=1S/C22H20Cl2N4OS/c1-4-27-19(17-11-10-15(23)12-18(17)24)13-30-22(27)25-20-14(2)26(3)28(21(20)29)16-8-6-5-7-9-16/h5-13H,4H2,1-3H3. The van der Waals surface area contributed by atoms with Crippen molar-refractivity contribution in [3.05, 3.63) is 84.8 Å². The van der Waals surface area contributed by atoms with Crippen molar-refractivity contribution in [3.63, 3.8) is 0 Å². The molecule has 0 atom stereocenters. The van der Waals surface area contributed by atoms with Crippen LogP contribution in [0.4, 0.5) is 5.69 Å². The van der Waals surface area contributed by atoms with Gasteiger partial charge >= 0.3 is 0 Å². The molecule has 0 fully saturated rings. The summed E-state index contributed by atoms with van der Waals surface area (Å²) >= 11 is 13.9. The highest BCUT2D eigenvalue weighted by atomic mass is 35.5. The van der Waals surface area contributed by atoms with Gasteiger partial charge in [-0.2, -0.15) is 0 Å². The molecular weight excluding hydrogens is 439 g/mol. The first-order valence-corrected chi connectivity index (χ1v) is 11.1. The topological polar surface area (TPSA) is 44.2 Å². The highest BCUT2D eigenvalue weighted by Gasteiger charge is 2.17. The fourth-order valence-electron chi connectivity index (χ4n) is 3.42. The van der Waals surface area contributed by atoms with Crippen molar-refractivity contribution in [1.82, 2.24) is 13.9 Å². The van der Waals surface area contributed by atoms with Crippen LogP contribution in [0.3, 0.4) is 0 Å². The first-order valence-electron chi connectivity index (χ1n) is 9.45. The summed E-state index contributed by atoms with van der Waals surface area (Å²) in [6, 6.07) is 15.0. The SMILES string of the molecule is CCn1c(-c2ccc(Cl)cc2Cl)csc1=Nc1c(C)n(C)n(-c2ccccc2)c1=O. The van der Waals surface area contributed by atoms with Crippen LogP contribution < -0.4 is 10.4 Å². The zero-order chi connectivity index (χ0) is 21.4. The largest absolute Gasteiger partial charge is 0.317 e. The molecule has 0 saturated heterocycles. The summed E-state index contributed by atoms with van der Waals surface area (Å²) in [5.41, 5.74) is 3.71. The number of aromatic nitrogens is 3. The minimum Gasteiger partial charge on any atom is -0.317 e. The molecule has 2 aromatic carbocycles. The molecule has 4 rings (SSSR count). The third-order valence-electron chi connectivity index (χ3n) is 5.05. The molecule has 0 amide bonds. The van der Waals surface area contributed by atoms with Gasteiger partial charge in [-0.05, 0) is 44.2 Å². The van der Waals surface area contributed by atoms with Crippen LogP contribution in [0.2, 0.25) is 10.0 Å². The molecule has 0 aliphatic heterocycles. The van der Waals surface area contributed by atoms with Crippen LogP contribution in [-0.2, 0) is 13.6 Å². The Hall–Kier alpha value is -2.54. The number of benzene rings is 2. The zero-order valence-corrected chi connectivity index (χ0v) is 19.1. The number of nitrogens with zero attached hydrogens (tertiary/aromatic N) is 4. The van der Waals surface area contributed by atoms with E-state index in [4.69, 9.17) is 28.2 Å². The number of thiazole rings is 1. The van der Waals surface area contributed by atoms with Gasteiger partial charge in [0.05, 0.1) is 22.1 Å². The molecule has 0 N–H and O–H groups in total. The molecular formula is C22H20Cl2N4OS. The van der Waals surface area contributed by atoms with Crippen molar-refractivity contribution in [2.75, 3.05) is 0 Å². The maximum absolute atomic E-state index is 13.2. The summed E-state index contributed by atoms with van der Waals surface area (Å²) < 4.78 is 5.52. The van der Waals surface area contributed by atoms with Gasteiger partial charge in [-0.1, -0.05) is 41.4 Å². The minimum absolute atomic E-state index is 0.150. The molecule has 8 heteroatoms. The fourth-order valence-corrected chi connectivity index (χ4v) is 4.89. The van der Waals surface area contributed by atoms with Crippen molar-refractivity contribution in [2.24, 2.45) is 12.0 Å². The molecule has 5 nitrogen and oxygen atoms in total. The summed E-state index contributed by atoms with van der Waals surface area (Å²) in [4.78, 5) is 18.7. The van der Waals surface area contributed by atoms with E-state index in [9.17, 15) is 4.79 Å². The van der Waals surface area contributed by atoms with Gasteiger partial charge in [0, 0.05) is 29.6 Å². The van der Waals surface area contributed by atoms with Gasteiger partial charge in [-0.25, -0.2) is 9.67 Å². The van der Waals surface area contributed by atoms with E-state index >= 15 is 0 Å². The maximum Gasteiger partial charge on any atom is 0.297 e. The molecule has 4 aromatic rings. The van der Waals surface area contributed by atoms with E-state index in [1.54, 1.807) is 10.7 Å². The maximum atomic E-state index is 13.2. The van der Waals surface area contributed by atoms with Gasteiger partial charge in [0.2, 0.25) is 0 Å². The first-order chi connectivity index (χ1) is 14.4. The molecule has 0 bridgehead atoms. The zero-order valence-electron chi connectivity index (χ0n) is 16.8. The van der Waals surface area contributed by atoms with Crippen molar-refractivity contribution in [3.8, 4) is 16.9 Å². The molecule has 154 valence electrons. The molecule has 0 aliphatic carbocycles. The van der Waals surface area contributed by atoms with Crippen LogP contribution in [-0.4, -0.2) is 13.9 Å². The summed E-state index contributed by atoms with van der Waals surface area (Å²) in [5, 5.41) is 3.18. The minimum atomic E-state index is -0.150. The normalized spacial score (nSPS) is 12.0. The lowest BCUT2D eigenvalue weighted by Gasteiger charge is -2.08. The van der Waals surface area contributed by atoms with Gasteiger partial charge in [0.1, 0.15) is 0 Å². The molecule has 0 saturated carbocycles. The van der Waals surface area contributed by atoms with E-state index in [0.717, 1.165) is 27.4 Å². The van der Waals surface area contributed by atoms with E-state index < -0.39 is 0 Å². The Balaban J connectivity index is 1.90. The molecule has 0 spiro atoms. The van der Waals surface area contributed by atoms with Crippen LogP contribution >= 0.6 is 34.5 Å². The smallest absolute Gasteiger partial charge is 0.297 e. The monoisotopic (exact) mass is 458 g/mol.